The molecule has 3 saturated carbocycles. The standard InChI is InChI=1S/C15H19N/c16-15(9-10-15)14(7-8-14)13-4-2-1-3-12(13)11-5-6-11/h1-4,11H,5-10,16H2. The molecule has 3 fully saturated rings. The summed E-state index contributed by atoms with van der Waals surface area (Å²) in [6.07, 6.45) is 7.92. The fourth-order valence-corrected chi connectivity index (χ4v) is 3.46. The molecule has 0 amide bonds. The van der Waals surface area contributed by atoms with Crippen molar-refractivity contribution in [1.82, 2.24) is 0 Å². The van der Waals surface area contributed by atoms with Crippen LogP contribution >= 0.6 is 0 Å². The van der Waals surface area contributed by atoms with E-state index in [1.165, 1.54) is 38.5 Å². The molecular weight excluding hydrogens is 194 g/mol. The van der Waals surface area contributed by atoms with Gasteiger partial charge in [-0.25, -0.2) is 0 Å². The van der Waals surface area contributed by atoms with Gasteiger partial charge in [0.25, 0.3) is 0 Å². The monoisotopic (exact) mass is 213 g/mol. The van der Waals surface area contributed by atoms with Gasteiger partial charge in [-0.3, -0.25) is 0 Å². The van der Waals surface area contributed by atoms with Gasteiger partial charge in [-0.05, 0) is 55.6 Å². The summed E-state index contributed by atoms with van der Waals surface area (Å²) in [4.78, 5) is 0. The lowest BCUT2D eigenvalue weighted by Gasteiger charge is -2.26. The average Bonchev–Trinajstić information content (AvgIpc) is 3.11. The molecule has 0 bridgehead atoms. The van der Waals surface area contributed by atoms with Crippen LogP contribution in [-0.2, 0) is 5.41 Å². The Bertz CT molecular complexity index is 437. The Morgan fingerprint density at radius 1 is 1.00 bits per heavy atom. The van der Waals surface area contributed by atoms with Gasteiger partial charge >= 0.3 is 0 Å². The van der Waals surface area contributed by atoms with Crippen LogP contribution in [0.5, 0.6) is 0 Å². The first-order valence-corrected chi connectivity index (χ1v) is 6.64. The van der Waals surface area contributed by atoms with Crippen molar-refractivity contribution in [2.45, 2.75) is 55.4 Å². The van der Waals surface area contributed by atoms with Crippen LogP contribution < -0.4 is 5.73 Å². The second-order valence-electron chi connectivity index (χ2n) is 6.10. The maximum atomic E-state index is 6.51. The molecule has 0 heterocycles. The highest BCUT2D eigenvalue weighted by Gasteiger charge is 2.64. The van der Waals surface area contributed by atoms with Crippen LogP contribution in [0.4, 0.5) is 0 Å². The summed E-state index contributed by atoms with van der Waals surface area (Å²) in [5.41, 5.74) is 10.3. The normalized spacial score (nSPS) is 28.8. The third-order valence-electron chi connectivity index (χ3n) is 4.99. The Morgan fingerprint density at radius 2 is 1.69 bits per heavy atom. The zero-order valence-corrected chi connectivity index (χ0v) is 9.71. The maximum absolute atomic E-state index is 6.51. The Hall–Kier alpha value is -0.820. The molecule has 3 aliphatic carbocycles. The molecule has 0 atom stereocenters. The first-order chi connectivity index (χ1) is 7.75. The molecule has 0 spiro atoms. The molecule has 0 radical (unpaired) electrons. The van der Waals surface area contributed by atoms with E-state index < -0.39 is 0 Å². The van der Waals surface area contributed by atoms with Gasteiger partial charge < -0.3 is 5.73 Å². The zero-order valence-electron chi connectivity index (χ0n) is 9.71. The topological polar surface area (TPSA) is 26.0 Å². The summed E-state index contributed by atoms with van der Waals surface area (Å²) in [5.74, 6) is 0.857. The van der Waals surface area contributed by atoms with Gasteiger partial charge in [0, 0.05) is 11.0 Å². The molecule has 0 aromatic heterocycles. The Kier molecular flexibility index (Phi) is 1.56. The van der Waals surface area contributed by atoms with Gasteiger partial charge in [0.15, 0.2) is 0 Å². The van der Waals surface area contributed by atoms with Crippen molar-refractivity contribution < 1.29 is 0 Å². The number of nitrogens with two attached hydrogens (primary N) is 1. The van der Waals surface area contributed by atoms with Crippen molar-refractivity contribution in [3.63, 3.8) is 0 Å². The smallest absolute Gasteiger partial charge is 0.0253 e. The quantitative estimate of drug-likeness (QED) is 0.820. The first-order valence-electron chi connectivity index (χ1n) is 6.64. The van der Waals surface area contributed by atoms with E-state index in [4.69, 9.17) is 5.73 Å². The van der Waals surface area contributed by atoms with Crippen LogP contribution in [0.1, 0.15) is 55.6 Å². The molecule has 3 aliphatic rings. The SMILES string of the molecule is NC1(C2(c3ccccc3C3CC3)CC2)CC1. The molecule has 0 saturated heterocycles. The summed E-state index contributed by atoms with van der Waals surface area (Å²) in [7, 11) is 0. The third kappa shape index (κ3) is 1.10. The van der Waals surface area contributed by atoms with E-state index in [1.54, 1.807) is 11.1 Å². The summed E-state index contributed by atoms with van der Waals surface area (Å²) in [6.45, 7) is 0. The molecule has 0 aliphatic heterocycles. The Balaban J connectivity index is 1.82. The van der Waals surface area contributed by atoms with Crippen LogP contribution in [0.3, 0.4) is 0 Å². The van der Waals surface area contributed by atoms with Gasteiger partial charge in [-0.1, -0.05) is 24.3 Å². The van der Waals surface area contributed by atoms with E-state index in [0.717, 1.165) is 5.92 Å². The molecule has 16 heavy (non-hydrogen) atoms. The molecule has 1 heteroatoms. The van der Waals surface area contributed by atoms with Crippen molar-refractivity contribution in [2.24, 2.45) is 5.73 Å². The average molecular weight is 213 g/mol. The predicted molar refractivity (Wildman–Crippen MR) is 65.5 cm³/mol. The van der Waals surface area contributed by atoms with Crippen LogP contribution in [0.2, 0.25) is 0 Å². The lowest BCUT2D eigenvalue weighted by atomic mass is 9.82. The van der Waals surface area contributed by atoms with Crippen LogP contribution in [-0.4, -0.2) is 5.54 Å². The number of rotatable bonds is 3. The Labute approximate surface area is 97.0 Å². The molecule has 2 N–H and O–H groups in total. The number of hydrogen-bond donors (Lipinski definition) is 1. The van der Waals surface area contributed by atoms with E-state index >= 15 is 0 Å². The van der Waals surface area contributed by atoms with Gasteiger partial charge in [0.05, 0.1) is 0 Å². The third-order valence-corrected chi connectivity index (χ3v) is 4.99. The Morgan fingerprint density at radius 3 is 2.25 bits per heavy atom. The van der Waals surface area contributed by atoms with E-state index in [1.807, 2.05) is 0 Å². The van der Waals surface area contributed by atoms with Crippen LogP contribution in [0.25, 0.3) is 0 Å². The minimum Gasteiger partial charge on any atom is -0.324 e. The van der Waals surface area contributed by atoms with E-state index in [9.17, 15) is 0 Å². The molecule has 0 unspecified atom stereocenters. The minimum absolute atomic E-state index is 0.165. The van der Waals surface area contributed by atoms with Gasteiger partial charge in [-0.15, -0.1) is 0 Å². The highest BCUT2D eigenvalue weighted by Crippen LogP contribution is 2.65. The second-order valence-corrected chi connectivity index (χ2v) is 6.10. The summed E-state index contributed by atoms with van der Waals surface area (Å²) in [5, 5.41) is 0. The van der Waals surface area contributed by atoms with Crippen molar-refractivity contribution in [3.05, 3.63) is 35.4 Å². The fraction of sp³-hybridized carbons (Fsp3) is 0.600. The molecule has 1 nitrogen and oxygen atoms in total. The molecule has 84 valence electrons. The van der Waals surface area contributed by atoms with Crippen LogP contribution in [0.15, 0.2) is 24.3 Å². The number of hydrogen-bond acceptors (Lipinski definition) is 1. The molecular formula is C15H19N. The van der Waals surface area contributed by atoms with E-state index in [-0.39, 0.29) is 5.54 Å². The van der Waals surface area contributed by atoms with Crippen molar-refractivity contribution >= 4 is 0 Å². The lowest BCUT2D eigenvalue weighted by Crippen LogP contribution is -2.37. The summed E-state index contributed by atoms with van der Waals surface area (Å²) >= 11 is 0. The lowest BCUT2D eigenvalue weighted by molar-refractivity contribution is 0.499. The number of benzene rings is 1. The zero-order chi connectivity index (χ0) is 10.8. The van der Waals surface area contributed by atoms with Crippen molar-refractivity contribution in [3.8, 4) is 0 Å². The predicted octanol–water partition coefficient (Wildman–Crippen LogP) is 3.09. The van der Waals surface area contributed by atoms with E-state index in [0.29, 0.717) is 5.41 Å². The van der Waals surface area contributed by atoms with Crippen molar-refractivity contribution in [1.29, 1.82) is 0 Å². The largest absolute Gasteiger partial charge is 0.324 e. The molecule has 4 rings (SSSR count). The summed E-state index contributed by atoms with van der Waals surface area (Å²) < 4.78 is 0. The van der Waals surface area contributed by atoms with Crippen LogP contribution in [0, 0.1) is 0 Å². The van der Waals surface area contributed by atoms with Gasteiger partial charge in [-0.2, -0.15) is 0 Å². The maximum Gasteiger partial charge on any atom is 0.0253 e. The van der Waals surface area contributed by atoms with E-state index in [2.05, 4.69) is 24.3 Å². The highest BCUT2D eigenvalue weighted by molar-refractivity contribution is 5.47. The summed E-state index contributed by atoms with van der Waals surface area (Å²) in [6, 6.07) is 9.10. The minimum atomic E-state index is 0.165. The highest BCUT2D eigenvalue weighted by atomic mass is 14.9. The molecule has 1 aromatic carbocycles. The van der Waals surface area contributed by atoms with Gasteiger partial charge in [0.2, 0.25) is 0 Å². The fourth-order valence-electron chi connectivity index (χ4n) is 3.46. The van der Waals surface area contributed by atoms with Gasteiger partial charge in [0.1, 0.15) is 0 Å². The first kappa shape index (κ1) is 9.23. The second kappa shape index (κ2) is 2.70. The molecule has 1 aromatic rings. The van der Waals surface area contributed by atoms with Crippen molar-refractivity contribution in [2.75, 3.05) is 0 Å².